The van der Waals surface area contributed by atoms with Crippen molar-refractivity contribution in [1.29, 1.82) is 0 Å². The average Bonchev–Trinajstić information content (AvgIpc) is 2.22. The Hall–Kier alpha value is -1.02. The van der Waals surface area contributed by atoms with Gasteiger partial charge in [-0.05, 0) is 11.6 Å². The molecule has 0 rings (SSSR count). The van der Waals surface area contributed by atoms with E-state index < -0.39 is 35.6 Å². The van der Waals surface area contributed by atoms with E-state index in [2.05, 4.69) is 4.74 Å². The molecule has 0 aliphatic carbocycles. The van der Waals surface area contributed by atoms with Crippen molar-refractivity contribution < 1.29 is 34.4 Å². The molecule has 0 aromatic heterocycles. The lowest BCUT2D eigenvalue weighted by atomic mass is 10.0. The van der Waals surface area contributed by atoms with E-state index in [-0.39, 0.29) is 6.29 Å². The lowest BCUT2D eigenvalue weighted by Crippen LogP contribution is -2.48. The van der Waals surface area contributed by atoms with Crippen LogP contribution in [0.15, 0.2) is 0 Å². The molecule has 4 atom stereocenters. The summed E-state index contributed by atoms with van der Waals surface area (Å²) in [6.07, 6.45) is -7.67. The average molecular weight is 255 g/mol. The first-order valence-corrected chi connectivity index (χ1v) is 4.55. The maximum absolute atomic E-state index is 10.5. The number of carbonyl (C=O) groups excluding carboxylic acids is 3. The van der Waals surface area contributed by atoms with Crippen LogP contribution in [0.2, 0.25) is 0 Å². The summed E-state index contributed by atoms with van der Waals surface area (Å²) >= 11 is 4.86. The van der Waals surface area contributed by atoms with Crippen molar-refractivity contribution in [3.05, 3.63) is 0 Å². The molecule has 7 nitrogen and oxygen atoms in total. The number of halogens is 1. The molecule has 0 aliphatic heterocycles. The van der Waals surface area contributed by atoms with Crippen LogP contribution in [0, 0.1) is 0 Å². The number of esters is 1. The van der Waals surface area contributed by atoms with Gasteiger partial charge < -0.3 is 20.1 Å². The summed E-state index contributed by atoms with van der Waals surface area (Å²) in [7, 11) is 0. The van der Waals surface area contributed by atoms with Crippen LogP contribution >= 0.6 is 11.6 Å². The van der Waals surface area contributed by atoms with E-state index >= 15 is 0 Å². The predicted molar refractivity (Wildman–Crippen MR) is 50.5 cm³/mol. The largest absolute Gasteiger partial charge is 0.452 e. The number of aliphatic hydroxyl groups excluding tert-OH is 3. The van der Waals surface area contributed by atoms with Gasteiger partial charge >= 0.3 is 5.97 Å². The molecule has 0 spiro atoms. The minimum atomic E-state index is -2.07. The van der Waals surface area contributed by atoms with E-state index in [0.717, 1.165) is 6.92 Å². The van der Waals surface area contributed by atoms with E-state index in [4.69, 9.17) is 16.7 Å². The number of ether oxygens (including phenoxy) is 1. The van der Waals surface area contributed by atoms with Gasteiger partial charge in [0.05, 0.1) is 0 Å². The summed E-state index contributed by atoms with van der Waals surface area (Å²) in [4.78, 5) is 31.4. The monoisotopic (exact) mass is 254 g/mol. The van der Waals surface area contributed by atoms with Crippen LogP contribution < -0.4 is 0 Å². The Morgan fingerprint density at radius 1 is 1.25 bits per heavy atom. The van der Waals surface area contributed by atoms with Gasteiger partial charge in [-0.1, -0.05) is 0 Å². The van der Waals surface area contributed by atoms with Crippen LogP contribution in [-0.4, -0.2) is 57.2 Å². The van der Waals surface area contributed by atoms with Crippen molar-refractivity contribution in [1.82, 2.24) is 0 Å². The SMILES string of the molecule is CC(=O)O[C@@H](C=O)[C@@H](O)[C@@H](O)[C@H](O)C(=O)Cl. The number of rotatable bonds is 6. The lowest BCUT2D eigenvalue weighted by Gasteiger charge is -2.24. The molecule has 0 unspecified atom stereocenters. The van der Waals surface area contributed by atoms with Crippen molar-refractivity contribution in [3.63, 3.8) is 0 Å². The smallest absolute Gasteiger partial charge is 0.303 e. The molecule has 0 saturated carbocycles. The fraction of sp³-hybridized carbons (Fsp3) is 0.625. The number of aliphatic hydroxyl groups is 3. The van der Waals surface area contributed by atoms with Gasteiger partial charge in [0.15, 0.2) is 18.5 Å². The second-order valence-electron chi connectivity index (χ2n) is 2.94. The van der Waals surface area contributed by atoms with Crippen molar-refractivity contribution in [2.24, 2.45) is 0 Å². The summed E-state index contributed by atoms with van der Waals surface area (Å²) in [5.74, 6) is -0.866. The van der Waals surface area contributed by atoms with E-state index in [1.165, 1.54) is 0 Å². The molecule has 3 N–H and O–H groups in total. The third kappa shape index (κ3) is 4.23. The number of aldehydes is 1. The summed E-state index contributed by atoms with van der Waals surface area (Å²) in [6.45, 7) is 0.985. The zero-order valence-electron chi connectivity index (χ0n) is 8.24. The Labute approximate surface area is 95.6 Å². The number of hydrogen-bond donors (Lipinski definition) is 3. The molecule has 0 heterocycles. The molecule has 0 amide bonds. The summed E-state index contributed by atoms with van der Waals surface area (Å²) in [5, 5.41) is 26.2. The van der Waals surface area contributed by atoms with Gasteiger partial charge in [0.2, 0.25) is 0 Å². The quantitative estimate of drug-likeness (QED) is 0.284. The molecule has 0 saturated heterocycles. The molecule has 0 aliphatic rings. The second-order valence-corrected chi connectivity index (χ2v) is 3.31. The van der Waals surface area contributed by atoms with E-state index in [0.29, 0.717) is 0 Å². The fourth-order valence-corrected chi connectivity index (χ4v) is 1.01. The highest BCUT2D eigenvalue weighted by Crippen LogP contribution is 2.09. The van der Waals surface area contributed by atoms with E-state index in [1.807, 2.05) is 0 Å². The lowest BCUT2D eigenvalue weighted by molar-refractivity contribution is -0.165. The zero-order chi connectivity index (χ0) is 12.9. The Bertz CT molecular complexity index is 280. The van der Waals surface area contributed by atoms with E-state index in [1.54, 1.807) is 0 Å². The van der Waals surface area contributed by atoms with Gasteiger partial charge in [-0.25, -0.2) is 0 Å². The van der Waals surface area contributed by atoms with Crippen molar-refractivity contribution in [2.45, 2.75) is 31.3 Å². The Balaban J connectivity index is 4.60. The number of hydrogen-bond acceptors (Lipinski definition) is 7. The second kappa shape index (κ2) is 6.54. The molecule has 0 aromatic rings. The first kappa shape index (κ1) is 15.0. The number of carbonyl (C=O) groups is 3. The summed E-state index contributed by atoms with van der Waals surface area (Å²) in [6, 6.07) is 0. The van der Waals surface area contributed by atoms with Crippen molar-refractivity contribution in [3.8, 4) is 0 Å². The van der Waals surface area contributed by atoms with Gasteiger partial charge in [0.25, 0.3) is 5.24 Å². The molecular formula is C8H11ClO7. The van der Waals surface area contributed by atoms with Gasteiger partial charge in [-0.2, -0.15) is 0 Å². The zero-order valence-corrected chi connectivity index (χ0v) is 9.00. The molecule has 16 heavy (non-hydrogen) atoms. The topological polar surface area (TPSA) is 121 Å². The van der Waals surface area contributed by atoms with E-state index in [9.17, 15) is 24.6 Å². The molecule has 92 valence electrons. The Morgan fingerprint density at radius 3 is 2.06 bits per heavy atom. The van der Waals surface area contributed by atoms with Gasteiger partial charge in [0.1, 0.15) is 12.2 Å². The minimum Gasteiger partial charge on any atom is -0.452 e. The third-order valence-electron chi connectivity index (χ3n) is 1.68. The summed E-state index contributed by atoms with van der Waals surface area (Å²) in [5.41, 5.74) is 0. The standard InChI is InChI=1S/C8H11ClO7/c1-3(11)16-4(2-10)5(12)6(13)7(14)8(9)15/h2,4-7,12-14H,1H3/t4-,5+,6+,7-/m0/s1. The van der Waals surface area contributed by atoms with Crippen molar-refractivity contribution in [2.75, 3.05) is 0 Å². The molecule has 0 radical (unpaired) electrons. The van der Waals surface area contributed by atoms with Crippen LogP contribution in [0.1, 0.15) is 6.92 Å². The normalized spacial score (nSPS) is 18.1. The highest BCUT2D eigenvalue weighted by molar-refractivity contribution is 6.64. The Kier molecular flexibility index (Phi) is 6.12. The molecule has 0 bridgehead atoms. The first-order chi connectivity index (χ1) is 7.31. The van der Waals surface area contributed by atoms with Crippen molar-refractivity contribution >= 4 is 29.1 Å². The summed E-state index contributed by atoms with van der Waals surface area (Å²) < 4.78 is 4.33. The van der Waals surface area contributed by atoms with Gasteiger partial charge in [-0.15, -0.1) is 0 Å². The van der Waals surface area contributed by atoms with Crippen LogP contribution in [0.3, 0.4) is 0 Å². The maximum Gasteiger partial charge on any atom is 0.303 e. The molecule has 0 fully saturated rings. The van der Waals surface area contributed by atoms with Gasteiger partial charge in [0, 0.05) is 6.92 Å². The van der Waals surface area contributed by atoms with Crippen LogP contribution in [0.4, 0.5) is 0 Å². The highest BCUT2D eigenvalue weighted by atomic mass is 35.5. The highest BCUT2D eigenvalue weighted by Gasteiger charge is 2.35. The van der Waals surface area contributed by atoms with Crippen LogP contribution in [0.5, 0.6) is 0 Å². The molecule has 0 aromatic carbocycles. The predicted octanol–water partition coefficient (Wildman–Crippen LogP) is -2.03. The van der Waals surface area contributed by atoms with Gasteiger partial charge in [-0.3, -0.25) is 14.4 Å². The fourth-order valence-electron chi connectivity index (χ4n) is 0.885. The third-order valence-corrected chi connectivity index (χ3v) is 1.90. The Morgan fingerprint density at radius 2 is 1.75 bits per heavy atom. The molecular weight excluding hydrogens is 244 g/mol. The molecule has 8 heteroatoms. The van der Waals surface area contributed by atoms with Crippen LogP contribution in [0.25, 0.3) is 0 Å². The minimum absolute atomic E-state index is 0.0563. The first-order valence-electron chi connectivity index (χ1n) is 4.17. The van der Waals surface area contributed by atoms with Crippen LogP contribution in [-0.2, 0) is 19.1 Å². The maximum atomic E-state index is 10.5.